The summed E-state index contributed by atoms with van der Waals surface area (Å²) >= 11 is 0. The lowest BCUT2D eigenvalue weighted by atomic mass is 9.82. The van der Waals surface area contributed by atoms with Crippen molar-refractivity contribution in [3.63, 3.8) is 0 Å². The van der Waals surface area contributed by atoms with Crippen LogP contribution in [-0.4, -0.2) is 29.2 Å². The molecule has 4 aromatic rings. The smallest absolute Gasteiger partial charge is 0.237 e. The quantitative estimate of drug-likeness (QED) is 0.278. The lowest BCUT2D eigenvalue weighted by molar-refractivity contribution is 0.395. The predicted octanol–water partition coefficient (Wildman–Crippen LogP) is 5.47. The molecule has 0 atom stereocenters. The number of nitrogens with one attached hydrogen (secondary N) is 1. The molecular formula is C28H32F2N6O2S. The molecule has 39 heavy (non-hydrogen) atoms. The molecule has 0 radical (unpaired) electrons. The maximum absolute atomic E-state index is 15.3. The average molecular weight is 555 g/mol. The Kier molecular flexibility index (Phi) is 7.30. The van der Waals surface area contributed by atoms with Crippen LogP contribution in [0.15, 0.2) is 48.7 Å². The Bertz CT molecular complexity index is 1630. The van der Waals surface area contributed by atoms with Crippen LogP contribution >= 0.6 is 0 Å². The van der Waals surface area contributed by atoms with Crippen molar-refractivity contribution in [3.05, 3.63) is 71.4 Å². The third kappa shape index (κ3) is 5.46. The van der Waals surface area contributed by atoms with Crippen LogP contribution in [0.1, 0.15) is 62.6 Å². The third-order valence-corrected chi connectivity index (χ3v) is 8.52. The van der Waals surface area contributed by atoms with Gasteiger partial charge in [0.2, 0.25) is 10.0 Å². The molecule has 2 aromatic heterocycles. The monoisotopic (exact) mass is 554 g/mol. The van der Waals surface area contributed by atoms with Crippen molar-refractivity contribution in [1.82, 2.24) is 14.8 Å². The van der Waals surface area contributed by atoms with Gasteiger partial charge >= 0.3 is 0 Å². The molecule has 5 N–H and O–H groups in total. The summed E-state index contributed by atoms with van der Waals surface area (Å²) < 4.78 is 58.6. The third-order valence-electron chi connectivity index (χ3n) is 7.29. The van der Waals surface area contributed by atoms with Crippen molar-refractivity contribution in [2.24, 2.45) is 5.73 Å². The second kappa shape index (κ2) is 10.5. The molecule has 1 saturated carbocycles. The van der Waals surface area contributed by atoms with Crippen LogP contribution in [0.2, 0.25) is 0 Å². The Labute approximate surface area is 226 Å². The molecule has 0 bridgehead atoms. The van der Waals surface area contributed by atoms with Gasteiger partial charge in [0.05, 0.1) is 22.3 Å². The minimum atomic E-state index is -4.07. The summed E-state index contributed by atoms with van der Waals surface area (Å²) in [5.41, 5.74) is 15.1. The fourth-order valence-electron chi connectivity index (χ4n) is 5.29. The highest BCUT2D eigenvalue weighted by molar-refractivity contribution is 7.91. The van der Waals surface area contributed by atoms with E-state index in [9.17, 15) is 12.8 Å². The zero-order valence-corrected chi connectivity index (χ0v) is 22.7. The molecule has 2 heterocycles. The molecule has 0 aliphatic heterocycles. The van der Waals surface area contributed by atoms with E-state index in [1.165, 1.54) is 30.3 Å². The number of nitrogens with zero attached hydrogens (tertiary/aromatic N) is 3. The summed E-state index contributed by atoms with van der Waals surface area (Å²) in [4.78, 5) is 4.47. The predicted molar refractivity (Wildman–Crippen MR) is 150 cm³/mol. The van der Waals surface area contributed by atoms with E-state index in [1.807, 2.05) is 24.7 Å². The first kappa shape index (κ1) is 27.0. The Balaban J connectivity index is 1.52. The van der Waals surface area contributed by atoms with Gasteiger partial charge in [-0.25, -0.2) is 22.2 Å². The zero-order chi connectivity index (χ0) is 27.9. The highest BCUT2D eigenvalue weighted by atomic mass is 32.2. The van der Waals surface area contributed by atoms with Crippen molar-refractivity contribution in [2.45, 2.75) is 63.3 Å². The molecule has 11 heteroatoms. The minimum Gasteiger partial charge on any atom is -0.383 e. The number of aromatic nitrogens is 3. The van der Waals surface area contributed by atoms with Crippen molar-refractivity contribution in [1.29, 1.82) is 0 Å². The number of pyridine rings is 1. The number of hydrogen-bond donors (Lipinski definition) is 3. The first-order valence-electron chi connectivity index (χ1n) is 13.0. The Morgan fingerprint density at radius 2 is 1.79 bits per heavy atom. The highest BCUT2D eigenvalue weighted by Gasteiger charge is 2.27. The molecule has 0 amide bonds. The normalized spacial score (nSPS) is 18.1. The van der Waals surface area contributed by atoms with Crippen molar-refractivity contribution >= 4 is 32.4 Å². The minimum absolute atomic E-state index is 0.00181. The average Bonchev–Trinajstić information content (AvgIpc) is 3.29. The molecular weight excluding hydrogens is 522 g/mol. The molecule has 206 valence electrons. The highest BCUT2D eigenvalue weighted by Crippen LogP contribution is 2.41. The van der Waals surface area contributed by atoms with Gasteiger partial charge in [-0.2, -0.15) is 5.10 Å². The first-order valence-corrected chi connectivity index (χ1v) is 14.6. The molecule has 1 fully saturated rings. The first-order chi connectivity index (χ1) is 18.5. The number of halogens is 2. The second-order valence-electron chi connectivity index (χ2n) is 10.5. The van der Waals surface area contributed by atoms with Gasteiger partial charge in [0, 0.05) is 29.4 Å². The van der Waals surface area contributed by atoms with E-state index in [-0.39, 0.29) is 29.3 Å². The lowest BCUT2D eigenvalue weighted by Crippen LogP contribution is -2.26. The molecule has 1 aliphatic rings. The number of rotatable bonds is 7. The van der Waals surface area contributed by atoms with Crippen molar-refractivity contribution in [2.75, 3.05) is 10.5 Å². The summed E-state index contributed by atoms with van der Waals surface area (Å²) in [5.74, 6) is -1.50. The van der Waals surface area contributed by atoms with Gasteiger partial charge in [0.1, 0.15) is 23.1 Å². The number of benzene rings is 2. The number of anilines is 2. The molecule has 8 nitrogen and oxygen atoms in total. The van der Waals surface area contributed by atoms with Gasteiger partial charge < -0.3 is 11.5 Å². The largest absolute Gasteiger partial charge is 0.383 e. The number of fused-ring (bicyclic) bond motifs is 1. The SMILES string of the molecule is CC(C)n1nc(-c2ccc(NS(=O)(=O)Cc3ccccc3F)c(F)c2)c2c(N)ncc(C3CCC(N)CC3)c21. The lowest BCUT2D eigenvalue weighted by Gasteiger charge is -2.27. The summed E-state index contributed by atoms with van der Waals surface area (Å²) in [7, 11) is -4.07. The Hall–Kier alpha value is -3.57. The van der Waals surface area contributed by atoms with Gasteiger partial charge in [0.25, 0.3) is 0 Å². The molecule has 5 rings (SSSR count). The molecule has 2 aromatic carbocycles. The maximum Gasteiger partial charge on any atom is 0.237 e. The summed E-state index contributed by atoms with van der Waals surface area (Å²) in [5, 5.41) is 5.47. The second-order valence-corrected chi connectivity index (χ2v) is 12.2. The van der Waals surface area contributed by atoms with Gasteiger partial charge in [-0.05, 0) is 69.2 Å². The number of sulfonamides is 1. The summed E-state index contributed by atoms with van der Waals surface area (Å²) in [6.45, 7) is 4.03. The fourth-order valence-corrected chi connectivity index (χ4v) is 6.51. The van der Waals surface area contributed by atoms with Crippen LogP contribution in [0.3, 0.4) is 0 Å². The standard InChI is InChI=1S/C28H32F2N6O2S/c1-16(2)36-27-21(17-7-10-20(31)11-8-17)14-33-28(32)25(27)26(34-36)18-9-12-24(23(30)13-18)35-39(37,38)15-19-5-3-4-6-22(19)29/h3-6,9,12-14,16-17,20,35H,7-8,10-11,15,31H2,1-2H3,(H2,32,33). The molecule has 0 spiro atoms. The Morgan fingerprint density at radius 3 is 2.46 bits per heavy atom. The van der Waals surface area contributed by atoms with Gasteiger partial charge in [-0.15, -0.1) is 0 Å². The fraction of sp³-hybridized carbons (Fsp3) is 0.357. The van der Waals surface area contributed by atoms with E-state index < -0.39 is 27.4 Å². The van der Waals surface area contributed by atoms with Gasteiger partial charge in [0.15, 0.2) is 0 Å². The van der Waals surface area contributed by atoms with Crippen molar-refractivity contribution < 1.29 is 17.2 Å². The van der Waals surface area contributed by atoms with E-state index in [0.717, 1.165) is 36.8 Å². The maximum atomic E-state index is 15.3. The van der Waals surface area contributed by atoms with E-state index >= 15 is 4.39 Å². The van der Waals surface area contributed by atoms with E-state index in [4.69, 9.17) is 16.6 Å². The van der Waals surface area contributed by atoms with Gasteiger partial charge in [-0.3, -0.25) is 9.40 Å². The van der Waals surface area contributed by atoms with Crippen molar-refractivity contribution in [3.8, 4) is 11.3 Å². The van der Waals surface area contributed by atoms with Crippen LogP contribution in [0.25, 0.3) is 22.2 Å². The topological polar surface area (TPSA) is 129 Å². The molecule has 0 unspecified atom stereocenters. The van der Waals surface area contributed by atoms with Gasteiger partial charge in [-0.1, -0.05) is 24.3 Å². The summed E-state index contributed by atoms with van der Waals surface area (Å²) in [6.07, 6.45) is 5.56. The van der Waals surface area contributed by atoms with Crippen LogP contribution in [-0.2, 0) is 15.8 Å². The molecule has 1 aliphatic carbocycles. The van der Waals surface area contributed by atoms with E-state index in [0.29, 0.717) is 22.5 Å². The van der Waals surface area contributed by atoms with Crippen LogP contribution in [0.5, 0.6) is 0 Å². The zero-order valence-electron chi connectivity index (χ0n) is 21.9. The van der Waals surface area contributed by atoms with Crippen LogP contribution < -0.4 is 16.2 Å². The molecule has 0 saturated heterocycles. The Morgan fingerprint density at radius 1 is 1.08 bits per heavy atom. The summed E-state index contributed by atoms with van der Waals surface area (Å²) in [6, 6.07) is 9.91. The van der Waals surface area contributed by atoms with E-state index in [2.05, 4.69) is 9.71 Å². The van der Waals surface area contributed by atoms with E-state index in [1.54, 1.807) is 12.1 Å². The number of hydrogen-bond acceptors (Lipinski definition) is 6. The number of nitrogens with two attached hydrogens (primary N) is 2. The van der Waals surface area contributed by atoms with Crippen LogP contribution in [0, 0.1) is 11.6 Å². The van der Waals surface area contributed by atoms with Crippen LogP contribution in [0.4, 0.5) is 20.3 Å². The number of nitrogen functional groups attached to an aromatic ring is 1.